The molecule has 0 atom stereocenters. The number of para-hydroxylation sites is 2. The molecule has 2 aromatic heterocycles. The van der Waals surface area contributed by atoms with Crippen molar-refractivity contribution in [2.24, 2.45) is 0 Å². The Kier molecular flexibility index (Phi) is 6.60. The molecule has 0 saturated heterocycles. The Labute approximate surface area is 165 Å². The first-order valence-electron chi connectivity index (χ1n) is 7.72. The Morgan fingerprint density at radius 2 is 1.00 bits per heavy atom. The van der Waals surface area contributed by atoms with Crippen LogP contribution in [0.25, 0.3) is 21.8 Å². The van der Waals surface area contributed by atoms with Crippen LogP contribution in [0.5, 0.6) is 0 Å². The van der Waals surface area contributed by atoms with Crippen LogP contribution in [0.3, 0.4) is 0 Å². The average Bonchev–Trinajstić information content (AvgIpc) is 2.67. The van der Waals surface area contributed by atoms with E-state index in [9.17, 15) is 9.59 Å². The number of pyridine rings is 2. The van der Waals surface area contributed by atoms with E-state index < -0.39 is 11.9 Å². The molecule has 0 unspecified atom stereocenters. The number of aromatic nitrogens is 2. The minimum Gasteiger partial charge on any atom is -0.478 e. The van der Waals surface area contributed by atoms with Crippen LogP contribution in [0.2, 0.25) is 0 Å². The van der Waals surface area contributed by atoms with E-state index in [0.29, 0.717) is 11.0 Å². The van der Waals surface area contributed by atoms with Gasteiger partial charge in [0.15, 0.2) is 0 Å². The van der Waals surface area contributed by atoms with E-state index in [1.54, 1.807) is 48.8 Å². The van der Waals surface area contributed by atoms with Gasteiger partial charge in [0.25, 0.3) is 0 Å². The SMILES string of the molecule is O=C(O)c1cccc2cccnc12.O=C(O)c1cccc2cccnc12.[Cu]. The smallest absolute Gasteiger partial charge is 0.337 e. The standard InChI is InChI=1S/2C10H7NO2.Cu/c2*12-10(13)8-5-1-3-7-4-2-6-11-9(7)8;/h2*1-6H,(H,12,13);. The topological polar surface area (TPSA) is 100 Å². The molecule has 0 spiro atoms. The molecule has 0 saturated carbocycles. The number of carbonyl (C=O) groups is 2. The van der Waals surface area contributed by atoms with Crippen LogP contribution in [0, 0.1) is 0 Å². The molecule has 1 radical (unpaired) electrons. The van der Waals surface area contributed by atoms with Gasteiger partial charge in [-0.15, -0.1) is 0 Å². The summed E-state index contributed by atoms with van der Waals surface area (Å²) in [6.45, 7) is 0. The molecule has 0 aliphatic carbocycles. The summed E-state index contributed by atoms with van der Waals surface area (Å²) >= 11 is 0. The van der Waals surface area contributed by atoms with Crippen molar-refractivity contribution < 1.29 is 36.9 Å². The number of hydrogen-bond donors (Lipinski definition) is 2. The number of carboxylic acids is 2. The van der Waals surface area contributed by atoms with E-state index in [2.05, 4.69) is 9.97 Å². The van der Waals surface area contributed by atoms with E-state index >= 15 is 0 Å². The van der Waals surface area contributed by atoms with Crippen LogP contribution in [0.4, 0.5) is 0 Å². The Balaban J connectivity index is 0.000000187. The van der Waals surface area contributed by atoms with Gasteiger partial charge in [-0.1, -0.05) is 36.4 Å². The summed E-state index contributed by atoms with van der Waals surface area (Å²) in [5, 5.41) is 19.4. The number of carboxylic acid groups (broad SMARTS) is 2. The molecule has 6 nitrogen and oxygen atoms in total. The van der Waals surface area contributed by atoms with Crippen molar-refractivity contribution in [2.45, 2.75) is 0 Å². The first-order chi connectivity index (χ1) is 12.6. The van der Waals surface area contributed by atoms with Gasteiger partial charge in [-0.05, 0) is 24.3 Å². The molecule has 4 aromatic rings. The largest absolute Gasteiger partial charge is 0.478 e. The average molecular weight is 410 g/mol. The van der Waals surface area contributed by atoms with Crippen molar-refractivity contribution in [2.75, 3.05) is 0 Å². The van der Waals surface area contributed by atoms with Crippen LogP contribution in [0.15, 0.2) is 73.1 Å². The predicted molar refractivity (Wildman–Crippen MR) is 97.4 cm³/mol. The molecule has 0 aliphatic heterocycles. The number of aromatic carboxylic acids is 2. The fourth-order valence-corrected chi connectivity index (χ4v) is 2.55. The fraction of sp³-hybridized carbons (Fsp3) is 0. The van der Waals surface area contributed by atoms with Gasteiger partial charge in [-0.2, -0.15) is 0 Å². The molecule has 0 amide bonds. The minimum absolute atomic E-state index is 0. The molecule has 0 bridgehead atoms. The van der Waals surface area contributed by atoms with Crippen LogP contribution in [-0.4, -0.2) is 32.1 Å². The third kappa shape index (κ3) is 4.47. The van der Waals surface area contributed by atoms with Crippen LogP contribution in [-0.2, 0) is 17.1 Å². The van der Waals surface area contributed by atoms with Gasteiger partial charge in [-0.25, -0.2) is 9.59 Å². The van der Waals surface area contributed by atoms with Gasteiger partial charge in [0.2, 0.25) is 0 Å². The summed E-state index contributed by atoms with van der Waals surface area (Å²) in [7, 11) is 0. The number of nitrogens with zero attached hydrogens (tertiary/aromatic N) is 2. The number of fused-ring (bicyclic) bond motifs is 2. The zero-order valence-corrected chi connectivity index (χ0v) is 14.8. The zero-order valence-electron chi connectivity index (χ0n) is 13.8. The summed E-state index contributed by atoms with van der Waals surface area (Å²) < 4.78 is 0. The maximum absolute atomic E-state index is 10.8. The Bertz CT molecular complexity index is 1020. The van der Waals surface area contributed by atoms with Gasteiger partial charge >= 0.3 is 11.9 Å². The van der Waals surface area contributed by atoms with E-state index in [-0.39, 0.29) is 28.2 Å². The molecule has 0 aliphatic rings. The van der Waals surface area contributed by atoms with Gasteiger partial charge in [0.05, 0.1) is 22.2 Å². The molecule has 0 fully saturated rings. The molecule has 2 aromatic carbocycles. The summed E-state index contributed by atoms with van der Waals surface area (Å²) in [5.74, 6) is -1.88. The summed E-state index contributed by atoms with van der Waals surface area (Å²) in [6, 6.07) is 17.5. The number of hydrogen-bond acceptors (Lipinski definition) is 4. The van der Waals surface area contributed by atoms with E-state index in [4.69, 9.17) is 10.2 Å². The molecule has 7 heteroatoms. The van der Waals surface area contributed by atoms with Crippen molar-refractivity contribution in [1.29, 1.82) is 0 Å². The third-order valence-electron chi connectivity index (χ3n) is 3.73. The molecule has 139 valence electrons. The van der Waals surface area contributed by atoms with Crippen molar-refractivity contribution in [1.82, 2.24) is 9.97 Å². The summed E-state index contributed by atoms with van der Waals surface area (Å²) in [5.41, 5.74) is 1.58. The molecular weight excluding hydrogens is 396 g/mol. The van der Waals surface area contributed by atoms with Crippen molar-refractivity contribution in [3.63, 3.8) is 0 Å². The maximum atomic E-state index is 10.8. The Morgan fingerprint density at radius 3 is 1.37 bits per heavy atom. The van der Waals surface area contributed by atoms with Crippen LogP contribution in [0.1, 0.15) is 20.7 Å². The first kappa shape index (κ1) is 20.0. The van der Waals surface area contributed by atoms with Gasteiger partial charge in [-0.3, -0.25) is 9.97 Å². The van der Waals surface area contributed by atoms with Crippen molar-refractivity contribution in [3.8, 4) is 0 Å². The normalized spacial score (nSPS) is 9.78. The molecule has 2 heterocycles. The van der Waals surface area contributed by atoms with E-state index in [0.717, 1.165) is 10.8 Å². The summed E-state index contributed by atoms with van der Waals surface area (Å²) in [6.07, 6.45) is 3.18. The fourth-order valence-electron chi connectivity index (χ4n) is 2.55. The molecule has 27 heavy (non-hydrogen) atoms. The predicted octanol–water partition coefficient (Wildman–Crippen LogP) is 3.86. The molecular formula is C20H14CuN2O4. The maximum Gasteiger partial charge on any atom is 0.337 e. The quantitative estimate of drug-likeness (QED) is 0.487. The second-order valence-corrected chi connectivity index (χ2v) is 5.37. The number of rotatable bonds is 2. The Morgan fingerprint density at radius 1 is 0.630 bits per heavy atom. The van der Waals surface area contributed by atoms with E-state index in [1.165, 1.54) is 0 Å². The van der Waals surface area contributed by atoms with Crippen LogP contribution >= 0.6 is 0 Å². The zero-order chi connectivity index (χ0) is 18.5. The second-order valence-electron chi connectivity index (χ2n) is 5.37. The van der Waals surface area contributed by atoms with Crippen LogP contribution < -0.4 is 0 Å². The molecule has 2 N–H and O–H groups in total. The van der Waals surface area contributed by atoms with Gasteiger partial charge in [0, 0.05) is 40.2 Å². The Hall–Kier alpha value is -3.28. The monoisotopic (exact) mass is 409 g/mol. The molecule has 4 rings (SSSR count). The van der Waals surface area contributed by atoms with Crippen molar-refractivity contribution in [3.05, 3.63) is 84.2 Å². The minimum atomic E-state index is -0.940. The van der Waals surface area contributed by atoms with Crippen molar-refractivity contribution >= 4 is 33.7 Å². The second kappa shape index (κ2) is 8.89. The van der Waals surface area contributed by atoms with Gasteiger partial charge in [0.1, 0.15) is 0 Å². The van der Waals surface area contributed by atoms with Gasteiger partial charge < -0.3 is 10.2 Å². The summed E-state index contributed by atoms with van der Waals surface area (Å²) in [4.78, 5) is 29.6. The third-order valence-corrected chi connectivity index (χ3v) is 3.73. The number of benzene rings is 2. The first-order valence-corrected chi connectivity index (χ1v) is 7.72. The van der Waals surface area contributed by atoms with E-state index in [1.807, 2.05) is 24.3 Å².